The summed E-state index contributed by atoms with van der Waals surface area (Å²) in [7, 11) is -4.67. The molecule has 0 aliphatic rings. The molecule has 0 aliphatic carbocycles. The molecule has 0 saturated heterocycles. The van der Waals surface area contributed by atoms with Crippen molar-refractivity contribution in [2.75, 3.05) is 4.93 Å². The molecule has 0 rings (SSSR count). The highest BCUT2D eigenvalue weighted by atomic mass is 127. The third-order valence-corrected chi connectivity index (χ3v) is 0. The van der Waals surface area contributed by atoms with E-state index in [0.717, 1.165) is 0 Å². The molecule has 0 aromatic rings. The van der Waals surface area contributed by atoms with Gasteiger partial charge in [0.05, 0.1) is 0 Å². The van der Waals surface area contributed by atoms with Crippen molar-refractivity contribution < 1.29 is 17.5 Å². The second kappa shape index (κ2) is 4.75. The Morgan fingerprint density at radius 1 is 1.29 bits per heavy atom. The maximum absolute atomic E-state index is 8.74. The number of hydrogen-bond donors (Lipinski definition) is 2. The summed E-state index contributed by atoms with van der Waals surface area (Å²) in [6.45, 7) is 0. The maximum atomic E-state index is 8.74. The van der Waals surface area contributed by atoms with Crippen LogP contribution >= 0.6 is 22.6 Å². The van der Waals surface area contributed by atoms with E-state index in [4.69, 9.17) is 17.5 Å². The maximum Gasteiger partial charge on any atom is 0.394 e. The molecule has 0 radical (unpaired) electrons. The highest BCUT2D eigenvalue weighted by Crippen LogP contribution is 1.59. The van der Waals surface area contributed by atoms with Crippen molar-refractivity contribution >= 4 is 33.0 Å². The first-order valence-electron chi connectivity index (χ1n) is 1.08. The van der Waals surface area contributed by atoms with E-state index in [0.29, 0.717) is 0 Å². The van der Waals surface area contributed by atoms with Crippen LogP contribution in [0.15, 0.2) is 0 Å². The minimum atomic E-state index is -4.67. The zero-order chi connectivity index (χ0) is 6.50. The zero-order valence-corrected chi connectivity index (χ0v) is 6.47. The van der Waals surface area contributed by atoms with Crippen LogP contribution in [0.25, 0.3) is 0 Å². The molecule has 0 bridgehead atoms. The van der Waals surface area contributed by atoms with Gasteiger partial charge in [-0.2, -0.15) is 8.42 Å². The lowest BCUT2D eigenvalue weighted by Crippen LogP contribution is -1.89. The Morgan fingerprint density at radius 3 is 1.29 bits per heavy atom. The van der Waals surface area contributed by atoms with Crippen LogP contribution in [0.5, 0.6) is 0 Å². The van der Waals surface area contributed by atoms with Crippen molar-refractivity contribution in [3.63, 3.8) is 0 Å². The summed E-state index contributed by atoms with van der Waals surface area (Å²) in [5.41, 5.74) is 0. The van der Waals surface area contributed by atoms with Gasteiger partial charge in [0, 0.05) is 0 Å². The van der Waals surface area contributed by atoms with Crippen molar-refractivity contribution in [1.29, 1.82) is 0 Å². The number of rotatable bonds is 0. The van der Waals surface area contributed by atoms with E-state index < -0.39 is 10.4 Å². The van der Waals surface area contributed by atoms with Gasteiger partial charge >= 0.3 is 10.4 Å². The Bertz CT molecular complexity index is 94.9. The van der Waals surface area contributed by atoms with E-state index in [2.05, 4.69) is 22.6 Å². The van der Waals surface area contributed by atoms with Gasteiger partial charge in [-0.15, -0.1) is 0 Å². The molecule has 4 nitrogen and oxygen atoms in total. The average Bonchev–Trinajstić information content (AvgIpc) is 1.36. The lowest BCUT2D eigenvalue weighted by Gasteiger charge is -1.68. The first kappa shape index (κ1) is 10.6. The Hall–Kier alpha value is 0.600. The van der Waals surface area contributed by atoms with Gasteiger partial charge in [0.25, 0.3) is 0 Å². The predicted octanol–water partition coefficient (Wildman–Crippen LogP) is 0.398. The average molecular weight is 240 g/mol. The Morgan fingerprint density at radius 2 is 1.29 bits per heavy atom. The molecule has 0 aromatic heterocycles. The monoisotopic (exact) mass is 240 g/mol. The second-order valence-corrected chi connectivity index (χ2v) is 1.34. The molecule has 2 N–H and O–H groups in total. The van der Waals surface area contributed by atoms with E-state index in [9.17, 15) is 0 Å². The van der Waals surface area contributed by atoms with E-state index >= 15 is 0 Å². The highest BCUT2D eigenvalue weighted by molar-refractivity contribution is 14.1. The molecule has 0 saturated carbocycles. The van der Waals surface area contributed by atoms with E-state index in [1.807, 2.05) is 4.93 Å². The SMILES string of the molecule is CI.O=S(=O)(O)O. The van der Waals surface area contributed by atoms with Crippen LogP contribution < -0.4 is 0 Å². The molecule has 46 valence electrons. The van der Waals surface area contributed by atoms with Crippen LogP contribution in [0.4, 0.5) is 0 Å². The van der Waals surface area contributed by atoms with Gasteiger partial charge in [-0.05, 0) is 4.93 Å². The van der Waals surface area contributed by atoms with Crippen LogP contribution in [-0.4, -0.2) is 22.5 Å². The van der Waals surface area contributed by atoms with E-state index in [1.54, 1.807) is 0 Å². The summed E-state index contributed by atoms with van der Waals surface area (Å²) in [5, 5.41) is 0. The largest absolute Gasteiger partial charge is 0.394 e. The van der Waals surface area contributed by atoms with Crippen molar-refractivity contribution in [2.24, 2.45) is 0 Å². The number of hydrogen-bond acceptors (Lipinski definition) is 2. The standard InChI is InChI=1S/CH3I.H2O4S/c1-2;1-5(2,3)4/h1H3;(H2,1,2,3,4). The van der Waals surface area contributed by atoms with Crippen LogP contribution in [-0.2, 0) is 10.4 Å². The first-order valence-corrected chi connectivity index (χ1v) is 4.63. The molecule has 0 spiro atoms. The van der Waals surface area contributed by atoms with Gasteiger partial charge in [0.1, 0.15) is 0 Å². The predicted molar refractivity (Wildman–Crippen MR) is 34.1 cm³/mol. The van der Waals surface area contributed by atoms with Crippen molar-refractivity contribution in [3.05, 3.63) is 0 Å². The van der Waals surface area contributed by atoms with Gasteiger partial charge in [0.2, 0.25) is 0 Å². The van der Waals surface area contributed by atoms with Gasteiger partial charge in [-0.1, -0.05) is 22.6 Å². The Kier molecular flexibility index (Phi) is 7.17. The molecular weight excluding hydrogens is 235 g/mol. The van der Waals surface area contributed by atoms with Gasteiger partial charge in [0.15, 0.2) is 0 Å². The third kappa shape index (κ3) is 388. The fraction of sp³-hybridized carbons (Fsp3) is 1.00. The summed E-state index contributed by atoms with van der Waals surface area (Å²) in [5.74, 6) is 0. The van der Waals surface area contributed by atoms with Gasteiger partial charge < -0.3 is 0 Å². The smallest absolute Gasteiger partial charge is 0.264 e. The molecule has 0 fully saturated rings. The molecule has 0 aliphatic heterocycles. The van der Waals surface area contributed by atoms with Crippen LogP contribution in [0.1, 0.15) is 0 Å². The van der Waals surface area contributed by atoms with Crippen molar-refractivity contribution in [3.8, 4) is 0 Å². The fourth-order valence-corrected chi connectivity index (χ4v) is 0. The van der Waals surface area contributed by atoms with Gasteiger partial charge in [-0.25, -0.2) is 0 Å². The molecule has 0 atom stereocenters. The molecule has 0 unspecified atom stereocenters. The summed E-state index contributed by atoms with van der Waals surface area (Å²) >= 11 is 2.15. The van der Waals surface area contributed by atoms with Crippen LogP contribution in [0, 0.1) is 0 Å². The lowest BCUT2D eigenvalue weighted by molar-refractivity contribution is 0.381. The summed E-state index contributed by atoms with van der Waals surface area (Å²) in [6, 6.07) is 0. The number of halogens is 1. The molecular formula is CH5IO4S. The normalized spacial score (nSPS) is 9.14. The Balaban J connectivity index is 0. The molecule has 0 aromatic carbocycles. The van der Waals surface area contributed by atoms with Crippen molar-refractivity contribution in [2.45, 2.75) is 0 Å². The van der Waals surface area contributed by atoms with E-state index in [1.165, 1.54) is 0 Å². The van der Waals surface area contributed by atoms with Crippen molar-refractivity contribution in [1.82, 2.24) is 0 Å². The zero-order valence-electron chi connectivity index (χ0n) is 3.50. The van der Waals surface area contributed by atoms with Crippen LogP contribution in [0.2, 0.25) is 0 Å². The third-order valence-electron chi connectivity index (χ3n) is 0. The molecule has 7 heavy (non-hydrogen) atoms. The van der Waals surface area contributed by atoms with Gasteiger partial charge in [-0.3, -0.25) is 9.11 Å². The minimum Gasteiger partial charge on any atom is -0.264 e. The summed E-state index contributed by atoms with van der Waals surface area (Å²) in [4.78, 5) is 1.97. The lowest BCUT2D eigenvalue weighted by atomic mass is 12.0. The van der Waals surface area contributed by atoms with Crippen LogP contribution in [0.3, 0.4) is 0 Å². The summed E-state index contributed by atoms with van der Waals surface area (Å²) in [6.07, 6.45) is 0. The molecule has 0 amide bonds. The molecule has 6 heteroatoms. The topological polar surface area (TPSA) is 74.6 Å². The number of alkyl halides is 1. The summed E-state index contributed by atoms with van der Waals surface area (Å²) < 4.78 is 31.6. The molecule has 0 heterocycles. The highest BCUT2D eigenvalue weighted by Gasteiger charge is 1.84. The minimum absolute atomic E-state index is 1.97. The van der Waals surface area contributed by atoms with E-state index in [-0.39, 0.29) is 0 Å². The first-order chi connectivity index (χ1) is 3.00. The quantitative estimate of drug-likeness (QED) is 0.365. The fourth-order valence-electron chi connectivity index (χ4n) is 0. The Labute approximate surface area is 55.6 Å². The second-order valence-electron chi connectivity index (χ2n) is 0.448.